The first-order valence-corrected chi connectivity index (χ1v) is 15.5. The van der Waals surface area contributed by atoms with E-state index in [1.54, 1.807) is 33.8 Å². The van der Waals surface area contributed by atoms with Gasteiger partial charge in [-0.05, 0) is 45.8 Å². The number of hydrogen-bond donors (Lipinski definition) is 2. The molecular weight excluding hydrogens is 604 g/mol. The zero-order chi connectivity index (χ0) is 34.7. The Morgan fingerprint density at radius 2 is 1.52 bits per heavy atom. The molecule has 1 saturated heterocycles. The highest BCUT2D eigenvalue weighted by Crippen LogP contribution is 2.65. The molecule has 13 nitrogen and oxygen atoms in total. The molecule has 0 aromatic heterocycles. The van der Waals surface area contributed by atoms with Gasteiger partial charge in [-0.3, -0.25) is 19.2 Å². The molecule has 256 valence electrons. The maximum Gasteiger partial charge on any atom is 0.334 e. The van der Waals surface area contributed by atoms with Crippen molar-refractivity contribution in [3.8, 4) is 0 Å². The Kier molecular flexibility index (Phi) is 9.57. The van der Waals surface area contributed by atoms with Crippen LogP contribution in [0.15, 0.2) is 22.8 Å². The van der Waals surface area contributed by atoms with E-state index in [4.69, 9.17) is 28.4 Å². The fraction of sp³-hybridized carbons (Fsp3) is 0.727. The van der Waals surface area contributed by atoms with Gasteiger partial charge >= 0.3 is 29.8 Å². The average Bonchev–Trinajstić information content (AvgIpc) is 3.14. The molecule has 46 heavy (non-hydrogen) atoms. The molecule has 0 amide bonds. The van der Waals surface area contributed by atoms with Crippen molar-refractivity contribution in [2.45, 2.75) is 123 Å². The van der Waals surface area contributed by atoms with Crippen molar-refractivity contribution in [2.24, 2.45) is 23.2 Å². The highest BCUT2D eigenvalue weighted by atomic mass is 16.6. The number of ether oxygens (including phenoxy) is 6. The fourth-order valence-electron chi connectivity index (χ4n) is 8.45. The minimum Gasteiger partial charge on any atom is -0.462 e. The van der Waals surface area contributed by atoms with Gasteiger partial charge in [-0.25, -0.2) is 4.79 Å². The second kappa shape index (κ2) is 12.4. The van der Waals surface area contributed by atoms with E-state index in [9.17, 15) is 34.2 Å². The normalized spacial score (nSPS) is 38.6. The highest BCUT2D eigenvalue weighted by Gasteiger charge is 2.78. The van der Waals surface area contributed by atoms with Gasteiger partial charge in [0.05, 0.1) is 29.6 Å². The van der Waals surface area contributed by atoms with Crippen molar-refractivity contribution < 1.29 is 62.6 Å². The minimum absolute atomic E-state index is 0.000778. The van der Waals surface area contributed by atoms with Crippen molar-refractivity contribution in [1.82, 2.24) is 0 Å². The predicted octanol–water partition coefficient (Wildman–Crippen LogP) is 2.09. The molecule has 11 unspecified atom stereocenters. The number of carbonyl (C=O) groups excluding carboxylic acids is 5. The first-order valence-electron chi connectivity index (χ1n) is 15.5. The number of rotatable bonds is 7. The Morgan fingerprint density at radius 3 is 1.98 bits per heavy atom. The Labute approximate surface area is 268 Å². The number of aliphatic hydroxyl groups is 2. The Hall–Kier alpha value is -3.29. The SMILES string of the molecule is CC=C(C)C(=O)OC1C2=C(C)C(O)C(C(C)(C)O)C2C(OC(C)=O)C2C3(OC(C)=O)COC3CC(OC(C)=O)C2(C)C1OC(C)=O. The maximum atomic E-state index is 13.5. The molecule has 0 aromatic rings. The van der Waals surface area contributed by atoms with Crippen molar-refractivity contribution in [2.75, 3.05) is 6.61 Å². The van der Waals surface area contributed by atoms with E-state index in [1.165, 1.54) is 41.5 Å². The predicted molar refractivity (Wildman–Crippen MR) is 158 cm³/mol. The van der Waals surface area contributed by atoms with Crippen LogP contribution in [0.2, 0.25) is 0 Å². The summed E-state index contributed by atoms with van der Waals surface area (Å²) in [5, 5.41) is 23.3. The van der Waals surface area contributed by atoms with E-state index in [1.807, 2.05) is 0 Å². The van der Waals surface area contributed by atoms with Crippen LogP contribution in [0, 0.1) is 23.2 Å². The molecule has 1 heterocycles. The number of esters is 5. The minimum atomic E-state index is -1.61. The Morgan fingerprint density at radius 1 is 0.935 bits per heavy atom. The molecular formula is C33H46O13. The fourth-order valence-corrected chi connectivity index (χ4v) is 8.45. The van der Waals surface area contributed by atoms with Crippen LogP contribution in [0.3, 0.4) is 0 Å². The Bertz CT molecular complexity index is 1360. The summed E-state index contributed by atoms with van der Waals surface area (Å²) in [6.45, 7) is 14.1. The van der Waals surface area contributed by atoms with Gasteiger partial charge in [-0.2, -0.15) is 0 Å². The first kappa shape index (κ1) is 35.6. The number of fused-ring (bicyclic) bond motifs is 4. The van der Waals surface area contributed by atoms with Gasteiger partial charge in [-0.15, -0.1) is 0 Å². The third-order valence-corrected chi connectivity index (χ3v) is 10.3. The largest absolute Gasteiger partial charge is 0.462 e. The topological polar surface area (TPSA) is 181 Å². The van der Waals surface area contributed by atoms with Gasteiger partial charge in [-0.1, -0.05) is 13.0 Å². The molecule has 0 spiro atoms. The van der Waals surface area contributed by atoms with E-state index in [-0.39, 0.29) is 24.2 Å². The van der Waals surface area contributed by atoms with E-state index in [0.29, 0.717) is 5.57 Å². The summed E-state index contributed by atoms with van der Waals surface area (Å²) in [5.41, 5.74) is -3.84. The summed E-state index contributed by atoms with van der Waals surface area (Å²) < 4.78 is 36.3. The third-order valence-electron chi connectivity index (χ3n) is 10.3. The zero-order valence-electron chi connectivity index (χ0n) is 28.1. The van der Waals surface area contributed by atoms with Crippen LogP contribution >= 0.6 is 0 Å². The summed E-state index contributed by atoms with van der Waals surface area (Å²) in [5.74, 6) is -6.82. The van der Waals surface area contributed by atoms with E-state index >= 15 is 0 Å². The summed E-state index contributed by atoms with van der Waals surface area (Å²) in [7, 11) is 0. The van der Waals surface area contributed by atoms with Crippen LogP contribution in [0.1, 0.15) is 75.7 Å². The second-order valence-corrected chi connectivity index (χ2v) is 13.7. The zero-order valence-corrected chi connectivity index (χ0v) is 28.1. The van der Waals surface area contributed by atoms with E-state index in [2.05, 4.69) is 0 Å². The lowest BCUT2D eigenvalue weighted by Crippen LogP contribution is -2.78. The van der Waals surface area contributed by atoms with Crippen LogP contribution in [-0.4, -0.2) is 94.5 Å². The first-order chi connectivity index (χ1) is 21.2. The summed E-state index contributed by atoms with van der Waals surface area (Å²) in [6, 6.07) is 0. The van der Waals surface area contributed by atoms with Crippen molar-refractivity contribution >= 4 is 29.8 Å². The smallest absolute Gasteiger partial charge is 0.334 e. The van der Waals surface area contributed by atoms with Crippen LogP contribution in [0.4, 0.5) is 0 Å². The number of aliphatic hydroxyl groups excluding tert-OH is 1. The lowest BCUT2D eigenvalue weighted by Gasteiger charge is -2.64. The summed E-state index contributed by atoms with van der Waals surface area (Å²) in [6.07, 6.45) is -5.84. The van der Waals surface area contributed by atoms with Gasteiger partial charge in [0.15, 0.2) is 17.8 Å². The van der Waals surface area contributed by atoms with Crippen molar-refractivity contribution in [3.63, 3.8) is 0 Å². The summed E-state index contributed by atoms with van der Waals surface area (Å²) >= 11 is 0. The maximum absolute atomic E-state index is 13.5. The van der Waals surface area contributed by atoms with E-state index < -0.39 is 101 Å². The Balaban J connectivity index is 2.18. The quantitative estimate of drug-likeness (QED) is 0.177. The molecule has 1 aliphatic heterocycles. The number of allylic oxidation sites excluding steroid dienone is 1. The number of hydrogen-bond acceptors (Lipinski definition) is 13. The molecule has 11 atom stereocenters. The third kappa shape index (κ3) is 5.74. The molecule has 13 heteroatoms. The lowest BCUT2D eigenvalue weighted by atomic mass is 9.51. The van der Waals surface area contributed by atoms with Crippen LogP contribution in [-0.2, 0) is 52.4 Å². The molecule has 4 aliphatic rings. The van der Waals surface area contributed by atoms with Gasteiger partial charge in [0, 0.05) is 51.5 Å². The lowest BCUT2D eigenvalue weighted by molar-refractivity contribution is -0.348. The van der Waals surface area contributed by atoms with Crippen molar-refractivity contribution in [1.29, 1.82) is 0 Å². The van der Waals surface area contributed by atoms with Gasteiger partial charge in [0.25, 0.3) is 0 Å². The standard InChI is InChI=1S/C33H46O13/c1-11-14(2)30(39)45-27-22-15(3)25(38)24(31(8,9)40)23(22)26(43-17(5)35)28-32(10,29(27)44-18(6)36)20(42-16(4)34)12-21-33(28,13-41-21)46-19(7)37/h11,20-21,23-29,38,40H,12-13H2,1-10H3. The number of carbonyl (C=O) groups is 5. The summed E-state index contributed by atoms with van der Waals surface area (Å²) in [4.78, 5) is 64.8. The molecule has 0 bridgehead atoms. The average molecular weight is 651 g/mol. The second-order valence-electron chi connectivity index (χ2n) is 13.7. The van der Waals surface area contributed by atoms with Crippen LogP contribution < -0.4 is 0 Å². The van der Waals surface area contributed by atoms with E-state index in [0.717, 1.165) is 0 Å². The van der Waals surface area contributed by atoms with Gasteiger partial charge < -0.3 is 38.6 Å². The molecule has 2 saturated carbocycles. The van der Waals surface area contributed by atoms with Crippen molar-refractivity contribution in [3.05, 3.63) is 22.8 Å². The van der Waals surface area contributed by atoms with Gasteiger partial charge in [0.2, 0.25) is 0 Å². The molecule has 0 radical (unpaired) electrons. The van der Waals surface area contributed by atoms with Gasteiger partial charge in [0.1, 0.15) is 18.3 Å². The van der Waals surface area contributed by atoms with Crippen LogP contribution in [0.5, 0.6) is 0 Å². The molecule has 0 aromatic carbocycles. The monoisotopic (exact) mass is 650 g/mol. The molecule has 3 aliphatic carbocycles. The van der Waals surface area contributed by atoms with Crippen LogP contribution in [0.25, 0.3) is 0 Å². The molecule has 4 rings (SSSR count). The molecule has 2 N–H and O–H groups in total. The molecule has 3 fully saturated rings. The highest BCUT2D eigenvalue weighted by molar-refractivity contribution is 5.88.